The van der Waals surface area contributed by atoms with Crippen LogP contribution in [-0.4, -0.2) is 23.6 Å². The molecule has 0 radical (unpaired) electrons. The van der Waals surface area contributed by atoms with Crippen LogP contribution in [0.15, 0.2) is 42.5 Å². The van der Waals surface area contributed by atoms with Crippen molar-refractivity contribution < 1.29 is 14.8 Å². The van der Waals surface area contributed by atoms with E-state index in [1.807, 2.05) is 30.3 Å². The summed E-state index contributed by atoms with van der Waals surface area (Å²) in [7, 11) is 0. The maximum absolute atomic E-state index is 11.5. The van der Waals surface area contributed by atoms with Gasteiger partial charge >= 0.3 is 0 Å². The van der Waals surface area contributed by atoms with Gasteiger partial charge < -0.3 is 5.32 Å². The van der Waals surface area contributed by atoms with Crippen LogP contribution in [0.5, 0.6) is 0 Å². The fourth-order valence-corrected chi connectivity index (χ4v) is 1.68. The van der Waals surface area contributed by atoms with Crippen molar-refractivity contribution in [3.63, 3.8) is 0 Å². The first-order valence-electron chi connectivity index (χ1n) is 7.16. The van der Waals surface area contributed by atoms with Gasteiger partial charge in [0.1, 0.15) is 0 Å². The molecule has 1 aromatic rings. The molecular weight excluding hydrogens is 280 g/mol. The van der Waals surface area contributed by atoms with Gasteiger partial charge in [0.25, 0.3) is 0 Å². The highest BCUT2D eigenvalue weighted by Crippen LogP contribution is 1.98. The molecule has 0 fully saturated rings. The van der Waals surface area contributed by atoms with Gasteiger partial charge in [-0.05, 0) is 31.1 Å². The van der Waals surface area contributed by atoms with E-state index in [2.05, 4.69) is 17.2 Å². The van der Waals surface area contributed by atoms with Crippen molar-refractivity contribution in [3.8, 4) is 11.8 Å². The number of carbonyl (C=O) groups excluding carboxylic acids is 2. The predicted octanol–water partition coefficient (Wildman–Crippen LogP) is 1.78. The first kappa shape index (κ1) is 17.5. The van der Waals surface area contributed by atoms with Crippen molar-refractivity contribution >= 4 is 11.8 Å². The summed E-state index contributed by atoms with van der Waals surface area (Å²) in [6.07, 6.45) is 5.49. The first-order chi connectivity index (χ1) is 10.7. The van der Waals surface area contributed by atoms with Crippen LogP contribution in [0.2, 0.25) is 0 Å². The highest BCUT2D eigenvalue weighted by atomic mass is 16.5. The molecule has 0 spiro atoms. The lowest BCUT2D eigenvalue weighted by molar-refractivity contribution is -0.129. The highest BCUT2D eigenvalue weighted by Gasteiger charge is 1.98. The molecule has 0 saturated carbocycles. The Hall–Kier alpha value is -2.58. The Morgan fingerprint density at radius 2 is 1.91 bits per heavy atom. The number of carbonyl (C=O) groups is 2. The molecule has 0 bridgehead atoms. The number of hydrogen-bond donors (Lipinski definition) is 3. The van der Waals surface area contributed by atoms with Crippen molar-refractivity contribution in [1.82, 2.24) is 10.8 Å². The molecule has 0 heterocycles. The predicted molar refractivity (Wildman–Crippen MR) is 83.9 cm³/mol. The molecule has 1 rings (SSSR count). The summed E-state index contributed by atoms with van der Waals surface area (Å²) in [4.78, 5) is 22.2. The maximum atomic E-state index is 11.5. The third kappa shape index (κ3) is 8.56. The Morgan fingerprint density at radius 3 is 2.64 bits per heavy atom. The molecule has 0 aliphatic rings. The molecule has 1 aromatic carbocycles. The van der Waals surface area contributed by atoms with Crippen LogP contribution in [-0.2, 0) is 9.59 Å². The largest absolute Gasteiger partial charge is 0.353 e. The summed E-state index contributed by atoms with van der Waals surface area (Å²) < 4.78 is 0. The highest BCUT2D eigenvalue weighted by molar-refractivity contribution is 5.87. The van der Waals surface area contributed by atoms with E-state index < -0.39 is 0 Å². The molecule has 5 nitrogen and oxygen atoms in total. The zero-order chi connectivity index (χ0) is 16.0. The summed E-state index contributed by atoms with van der Waals surface area (Å²) >= 11 is 0. The summed E-state index contributed by atoms with van der Waals surface area (Å²) in [5.41, 5.74) is 2.49. The molecule has 0 atom stereocenters. The zero-order valence-electron chi connectivity index (χ0n) is 12.3. The number of rotatable bonds is 7. The minimum atomic E-state index is -0.385. The summed E-state index contributed by atoms with van der Waals surface area (Å²) in [5.74, 6) is 5.16. The van der Waals surface area contributed by atoms with Gasteiger partial charge in [-0.2, -0.15) is 0 Å². The topological polar surface area (TPSA) is 78.4 Å². The van der Waals surface area contributed by atoms with Gasteiger partial charge in [0.2, 0.25) is 11.8 Å². The second-order valence-electron chi connectivity index (χ2n) is 4.61. The molecule has 0 aromatic heterocycles. The minimum Gasteiger partial charge on any atom is -0.353 e. The van der Waals surface area contributed by atoms with Gasteiger partial charge in [0.05, 0.1) is 0 Å². The van der Waals surface area contributed by atoms with Gasteiger partial charge in [0.15, 0.2) is 0 Å². The Balaban J connectivity index is 2.12. The third-order valence-electron chi connectivity index (χ3n) is 2.81. The van der Waals surface area contributed by atoms with Gasteiger partial charge in [-0.1, -0.05) is 36.5 Å². The quantitative estimate of drug-likeness (QED) is 0.236. The van der Waals surface area contributed by atoms with E-state index >= 15 is 0 Å². The molecule has 0 unspecified atom stereocenters. The molecule has 2 amide bonds. The molecular formula is C17H20N2O3. The second-order valence-corrected chi connectivity index (χ2v) is 4.61. The standard InChI is InChI=1S/C17H20N2O3/c20-16(18-14-8-2-5-13-17(21)19-22)12-7-6-11-15-9-3-1-4-10-15/h1,3-4,7,9-10,12,22H,2,5,8,13-14H2,(H,18,20)(H,19,21)/b12-7+. The third-order valence-corrected chi connectivity index (χ3v) is 2.81. The first-order valence-corrected chi connectivity index (χ1v) is 7.16. The minimum absolute atomic E-state index is 0.185. The number of hydroxylamine groups is 1. The van der Waals surface area contributed by atoms with Crippen LogP contribution in [0, 0.1) is 11.8 Å². The monoisotopic (exact) mass is 300 g/mol. The Morgan fingerprint density at radius 1 is 1.14 bits per heavy atom. The Bertz CT molecular complexity index is 556. The van der Waals surface area contributed by atoms with Gasteiger partial charge in [-0.15, -0.1) is 0 Å². The smallest absolute Gasteiger partial charge is 0.244 e. The van der Waals surface area contributed by atoms with Crippen molar-refractivity contribution in [3.05, 3.63) is 48.0 Å². The second kappa shape index (κ2) is 11.1. The van der Waals surface area contributed by atoms with Crippen LogP contribution < -0.4 is 10.8 Å². The van der Waals surface area contributed by atoms with Crippen molar-refractivity contribution in [2.45, 2.75) is 25.7 Å². The fourth-order valence-electron chi connectivity index (χ4n) is 1.68. The van der Waals surface area contributed by atoms with E-state index in [1.54, 1.807) is 5.48 Å². The molecule has 0 saturated heterocycles. The maximum Gasteiger partial charge on any atom is 0.244 e. The number of benzene rings is 1. The Kier molecular flexibility index (Phi) is 8.83. The normalized spacial score (nSPS) is 9.86. The van der Waals surface area contributed by atoms with E-state index in [1.165, 1.54) is 12.2 Å². The average molecular weight is 300 g/mol. The van der Waals surface area contributed by atoms with Gasteiger partial charge in [0, 0.05) is 24.6 Å². The lowest BCUT2D eigenvalue weighted by atomic mass is 10.2. The summed E-state index contributed by atoms with van der Waals surface area (Å²) in [5, 5.41) is 11.1. The number of nitrogens with one attached hydrogen (secondary N) is 2. The Labute approximate surface area is 130 Å². The zero-order valence-corrected chi connectivity index (χ0v) is 12.3. The van der Waals surface area contributed by atoms with Crippen molar-refractivity contribution in [2.24, 2.45) is 0 Å². The van der Waals surface area contributed by atoms with E-state index in [-0.39, 0.29) is 11.8 Å². The number of unbranched alkanes of at least 4 members (excludes halogenated alkanes) is 2. The fraction of sp³-hybridized carbons (Fsp3) is 0.294. The van der Waals surface area contributed by atoms with Crippen molar-refractivity contribution in [2.75, 3.05) is 6.54 Å². The number of allylic oxidation sites excluding steroid dienone is 1. The summed E-state index contributed by atoms with van der Waals surface area (Å²) in [6.45, 7) is 0.552. The van der Waals surface area contributed by atoms with Crippen LogP contribution in [0.3, 0.4) is 0 Å². The van der Waals surface area contributed by atoms with Crippen LogP contribution in [0.1, 0.15) is 31.2 Å². The molecule has 3 N–H and O–H groups in total. The SMILES string of the molecule is O=C(/C=C/C#Cc1ccccc1)NCCCCCC(=O)NO. The molecule has 0 aliphatic heterocycles. The van der Waals surface area contributed by atoms with E-state index in [4.69, 9.17) is 5.21 Å². The average Bonchev–Trinajstić information content (AvgIpc) is 2.55. The van der Waals surface area contributed by atoms with Crippen LogP contribution >= 0.6 is 0 Å². The van der Waals surface area contributed by atoms with E-state index in [0.717, 1.165) is 18.4 Å². The summed E-state index contributed by atoms with van der Waals surface area (Å²) in [6, 6.07) is 9.54. The molecule has 22 heavy (non-hydrogen) atoms. The molecule has 5 heteroatoms. The lowest BCUT2D eigenvalue weighted by Gasteiger charge is -2.01. The van der Waals surface area contributed by atoms with Gasteiger partial charge in [-0.25, -0.2) is 5.48 Å². The number of amides is 2. The molecule has 116 valence electrons. The van der Waals surface area contributed by atoms with Gasteiger partial charge in [-0.3, -0.25) is 14.8 Å². The van der Waals surface area contributed by atoms with E-state index in [0.29, 0.717) is 19.4 Å². The lowest BCUT2D eigenvalue weighted by Crippen LogP contribution is -2.22. The molecule has 0 aliphatic carbocycles. The van der Waals surface area contributed by atoms with Crippen molar-refractivity contribution in [1.29, 1.82) is 0 Å². The van der Waals surface area contributed by atoms with Crippen LogP contribution in [0.25, 0.3) is 0 Å². The number of hydrogen-bond acceptors (Lipinski definition) is 3. The van der Waals surface area contributed by atoms with Crippen LogP contribution in [0.4, 0.5) is 0 Å². The van der Waals surface area contributed by atoms with E-state index in [9.17, 15) is 9.59 Å².